The van der Waals surface area contributed by atoms with Crippen molar-refractivity contribution in [3.63, 3.8) is 0 Å². The lowest BCUT2D eigenvalue weighted by atomic mass is 10.3. The van der Waals surface area contributed by atoms with Gasteiger partial charge in [-0.1, -0.05) is 6.07 Å². The summed E-state index contributed by atoms with van der Waals surface area (Å²) in [7, 11) is 0. The molecule has 0 aromatic carbocycles. The average Bonchev–Trinajstić information content (AvgIpc) is 3.02. The second-order valence-corrected chi connectivity index (χ2v) is 4.56. The lowest BCUT2D eigenvalue weighted by Crippen LogP contribution is -2.23. The van der Waals surface area contributed by atoms with Crippen LogP contribution in [0.4, 0.5) is 0 Å². The van der Waals surface area contributed by atoms with Gasteiger partial charge in [0.15, 0.2) is 16.1 Å². The van der Waals surface area contributed by atoms with Gasteiger partial charge in [-0.25, -0.2) is 0 Å². The van der Waals surface area contributed by atoms with E-state index in [1.807, 2.05) is 28.8 Å². The van der Waals surface area contributed by atoms with Gasteiger partial charge in [0, 0.05) is 6.20 Å². The molecule has 0 aliphatic rings. The first-order valence-electron chi connectivity index (χ1n) is 5.55. The third-order valence-corrected chi connectivity index (χ3v) is 3.27. The highest BCUT2D eigenvalue weighted by Gasteiger charge is 2.13. The molecule has 0 aliphatic carbocycles. The highest BCUT2D eigenvalue weighted by molar-refractivity contribution is 9.10. The van der Waals surface area contributed by atoms with Crippen molar-refractivity contribution < 1.29 is 9.21 Å². The standard InChI is InChI=1S/C12H9BrN4O2/c13-11-8(4-6-19-11)12(18)14-7-10-16-15-9-3-1-2-5-17(9)10/h1-6H,7H2,(H,14,18). The van der Waals surface area contributed by atoms with Crippen LogP contribution < -0.4 is 5.32 Å². The first-order chi connectivity index (χ1) is 9.25. The quantitative estimate of drug-likeness (QED) is 0.801. The fourth-order valence-corrected chi connectivity index (χ4v) is 2.14. The molecule has 3 aromatic rings. The van der Waals surface area contributed by atoms with E-state index in [1.54, 1.807) is 6.07 Å². The van der Waals surface area contributed by atoms with Crippen LogP contribution in [0.2, 0.25) is 0 Å². The van der Waals surface area contributed by atoms with E-state index in [2.05, 4.69) is 31.4 Å². The fraction of sp³-hybridized carbons (Fsp3) is 0.0833. The van der Waals surface area contributed by atoms with E-state index in [9.17, 15) is 4.79 Å². The summed E-state index contributed by atoms with van der Waals surface area (Å²) in [6.45, 7) is 0.293. The zero-order valence-corrected chi connectivity index (χ0v) is 11.3. The normalized spacial score (nSPS) is 10.8. The van der Waals surface area contributed by atoms with Crippen LogP contribution in [0.3, 0.4) is 0 Å². The second-order valence-electron chi connectivity index (χ2n) is 3.84. The van der Waals surface area contributed by atoms with Crippen LogP contribution in [-0.4, -0.2) is 20.5 Å². The molecule has 7 heteroatoms. The van der Waals surface area contributed by atoms with Crippen LogP contribution in [0.5, 0.6) is 0 Å². The molecule has 0 radical (unpaired) electrons. The van der Waals surface area contributed by atoms with Crippen molar-refractivity contribution in [3.05, 3.63) is 52.8 Å². The molecule has 96 valence electrons. The number of amides is 1. The van der Waals surface area contributed by atoms with Crippen molar-refractivity contribution in [2.75, 3.05) is 0 Å². The smallest absolute Gasteiger partial charge is 0.256 e. The molecule has 0 atom stereocenters. The molecule has 19 heavy (non-hydrogen) atoms. The maximum Gasteiger partial charge on any atom is 0.256 e. The average molecular weight is 321 g/mol. The van der Waals surface area contributed by atoms with Crippen molar-refractivity contribution in [2.45, 2.75) is 6.54 Å². The Kier molecular flexibility index (Phi) is 3.04. The van der Waals surface area contributed by atoms with Crippen molar-refractivity contribution in [2.24, 2.45) is 0 Å². The number of halogens is 1. The number of rotatable bonds is 3. The van der Waals surface area contributed by atoms with Crippen molar-refractivity contribution in [1.82, 2.24) is 19.9 Å². The Morgan fingerprint density at radius 2 is 2.26 bits per heavy atom. The van der Waals surface area contributed by atoms with Crippen LogP contribution in [0, 0.1) is 0 Å². The van der Waals surface area contributed by atoms with Gasteiger partial charge in [0.2, 0.25) is 0 Å². The van der Waals surface area contributed by atoms with Crippen LogP contribution >= 0.6 is 15.9 Å². The first kappa shape index (κ1) is 11.9. The number of hydrogen-bond acceptors (Lipinski definition) is 4. The van der Waals surface area contributed by atoms with Gasteiger partial charge in [-0.15, -0.1) is 10.2 Å². The number of carbonyl (C=O) groups is 1. The summed E-state index contributed by atoms with van der Waals surface area (Å²) in [5, 5.41) is 10.8. The van der Waals surface area contributed by atoms with Crippen LogP contribution in [-0.2, 0) is 6.54 Å². The van der Waals surface area contributed by atoms with Crippen molar-refractivity contribution in [1.29, 1.82) is 0 Å². The molecule has 0 aliphatic heterocycles. The molecule has 1 N–H and O–H groups in total. The number of aromatic nitrogens is 3. The third-order valence-electron chi connectivity index (χ3n) is 2.65. The lowest BCUT2D eigenvalue weighted by molar-refractivity contribution is 0.0948. The molecule has 0 saturated carbocycles. The highest BCUT2D eigenvalue weighted by Crippen LogP contribution is 2.17. The summed E-state index contributed by atoms with van der Waals surface area (Å²) in [6.07, 6.45) is 3.30. The zero-order chi connectivity index (χ0) is 13.2. The topological polar surface area (TPSA) is 72.4 Å². The SMILES string of the molecule is O=C(NCc1nnc2ccccn12)c1ccoc1Br. The predicted octanol–water partition coefficient (Wildman–Crippen LogP) is 2.01. The molecule has 0 fully saturated rings. The predicted molar refractivity (Wildman–Crippen MR) is 70.6 cm³/mol. The van der Waals surface area contributed by atoms with Gasteiger partial charge in [0.05, 0.1) is 18.4 Å². The minimum atomic E-state index is -0.228. The van der Waals surface area contributed by atoms with Gasteiger partial charge >= 0.3 is 0 Å². The van der Waals surface area contributed by atoms with Gasteiger partial charge in [-0.05, 0) is 34.1 Å². The minimum Gasteiger partial charge on any atom is -0.457 e. The second kappa shape index (κ2) is 4.85. The van der Waals surface area contributed by atoms with Crippen LogP contribution in [0.15, 0.2) is 45.8 Å². The number of furan rings is 1. The van der Waals surface area contributed by atoms with Gasteiger partial charge in [0.25, 0.3) is 5.91 Å². The van der Waals surface area contributed by atoms with Gasteiger partial charge < -0.3 is 9.73 Å². The molecule has 0 spiro atoms. The van der Waals surface area contributed by atoms with Gasteiger partial charge in [-0.3, -0.25) is 9.20 Å². The zero-order valence-electron chi connectivity index (χ0n) is 9.71. The Labute approximate surface area is 116 Å². The maximum atomic E-state index is 11.9. The van der Waals surface area contributed by atoms with E-state index in [1.165, 1.54) is 6.26 Å². The number of nitrogens with one attached hydrogen (secondary N) is 1. The number of hydrogen-bond donors (Lipinski definition) is 1. The molecule has 3 aromatic heterocycles. The summed E-state index contributed by atoms with van der Waals surface area (Å²) in [5.74, 6) is 0.442. The third kappa shape index (κ3) is 2.24. The fourth-order valence-electron chi connectivity index (χ4n) is 1.72. The highest BCUT2D eigenvalue weighted by atomic mass is 79.9. The monoisotopic (exact) mass is 320 g/mol. The Morgan fingerprint density at radius 1 is 1.37 bits per heavy atom. The molecule has 3 heterocycles. The Balaban J connectivity index is 1.76. The Bertz CT molecular complexity index is 734. The maximum absolute atomic E-state index is 11.9. The van der Waals surface area contributed by atoms with Crippen LogP contribution in [0.25, 0.3) is 5.65 Å². The van der Waals surface area contributed by atoms with E-state index in [0.29, 0.717) is 22.6 Å². The van der Waals surface area contributed by atoms with E-state index in [0.717, 1.165) is 5.65 Å². The molecule has 0 unspecified atom stereocenters. The number of fused-ring (bicyclic) bond motifs is 1. The number of nitrogens with zero attached hydrogens (tertiary/aromatic N) is 3. The Morgan fingerprint density at radius 3 is 3.05 bits per heavy atom. The summed E-state index contributed by atoms with van der Waals surface area (Å²) in [6, 6.07) is 7.22. The Hall–Kier alpha value is -2.15. The van der Waals surface area contributed by atoms with Crippen molar-refractivity contribution in [3.8, 4) is 0 Å². The summed E-state index contributed by atoms with van der Waals surface area (Å²) < 4.78 is 7.25. The molecular weight excluding hydrogens is 312 g/mol. The lowest BCUT2D eigenvalue weighted by Gasteiger charge is -2.02. The molecule has 6 nitrogen and oxygen atoms in total. The minimum absolute atomic E-state index is 0.228. The molecular formula is C12H9BrN4O2. The molecule has 0 saturated heterocycles. The summed E-state index contributed by atoms with van der Waals surface area (Å²) in [4.78, 5) is 11.9. The van der Waals surface area contributed by atoms with Crippen molar-refractivity contribution >= 4 is 27.5 Å². The van der Waals surface area contributed by atoms with Gasteiger partial charge in [-0.2, -0.15) is 0 Å². The van der Waals surface area contributed by atoms with Crippen LogP contribution in [0.1, 0.15) is 16.2 Å². The van der Waals surface area contributed by atoms with E-state index in [-0.39, 0.29) is 5.91 Å². The summed E-state index contributed by atoms with van der Waals surface area (Å²) >= 11 is 3.16. The number of pyridine rings is 1. The largest absolute Gasteiger partial charge is 0.457 e. The number of carbonyl (C=O) groups excluding carboxylic acids is 1. The molecule has 3 rings (SSSR count). The summed E-state index contributed by atoms with van der Waals surface area (Å²) in [5.41, 5.74) is 1.20. The molecule has 1 amide bonds. The van der Waals surface area contributed by atoms with E-state index >= 15 is 0 Å². The van der Waals surface area contributed by atoms with Gasteiger partial charge in [0.1, 0.15) is 0 Å². The molecule has 0 bridgehead atoms. The first-order valence-corrected chi connectivity index (χ1v) is 6.35. The van der Waals surface area contributed by atoms with E-state index in [4.69, 9.17) is 4.42 Å². The van der Waals surface area contributed by atoms with E-state index < -0.39 is 0 Å².